The molecule has 2 aromatic heterocycles. The summed E-state index contributed by atoms with van der Waals surface area (Å²) in [6, 6.07) is 2.28. The number of hydrogen-bond donors (Lipinski definition) is 1. The monoisotopic (exact) mass is 358 g/mol. The summed E-state index contributed by atoms with van der Waals surface area (Å²) in [5, 5.41) is 11.7. The maximum Gasteiger partial charge on any atom is 0.323 e. The van der Waals surface area contributed by atoms with Crippen molar-refractivity contribution in [3.05, 3.63) is 23.5 Å². The highest BCUT2D eigenvalue weighted by Gasteiger charge is 2.29. The van der Waals surface area contributed by atoms with E-state index in [0.717, 1.165) is 43.7 Å². The van der Waals surface area contributed by atoms with E-state index in [1.54, 1.807) is 6.92 Å². The van der Waals surface area contributed by atoms with E-state index in [2.05, 4.69) is 20.6 Å². The maximum absolute atomic E-state index is 12.8. The lowest BCUT2D eigenvalue weighted by Crippen LogP contribution is -2.42. The van der Waals surface area contributed by atoms with Crippen molar-refractivity contribution in [2.75, 3.05) is 18.4 Å². The number of likely N-dealkylation sites (tertiary alicyclic amines) is 1. The van der Waals surface area contributed by atoms with E-state index in [1.165, 1.54) is 12.8 Å². The first-order valence-corrected chi connectivity index (χ1v) is 9.52. The summed E-state index contributed by atoms with van der Waals surface area (Å²) in [5.41, 5.74) is 0.936. The molecule has 1 aliphatic carbocycles. The van der Waals surface area contributed by atoms with Crippen LogP contribution in [0.5, 0.6) is 0 Å². The van der Waals surface area contributed by atoms with Crippen LogP contribution in [0.3, 0.4) is 0 Å². The number of anilines is 1. The molecule has 3 heterocycles. The zero-order valence-electron chi connectivity index (χ0n) is 15.4. The number of aryl methyl sites for hydroxylation is 2. The number of carbonyl (C=O) groups excluding carboxylic acids is 1. The summed E-state index contributed by atoms with van der Waals surface area (Å²) in [6.45, 7) is 5.12. The third kappa shape index (κ3) is 3.45. The highest BCUT2D eigenvalue weighted by atomic mass is 16.5. The Morgan fingerprint density at radius 1 is 1.23 bits per heavy atom. The molecule has 4 rings (SSSR count). The van der Waals surface area contributed by atoms with Crippen molar-refractivity contribution in [1.82, 2.24) is 24.8 Å². The number of aromatic nitrogens is 4. The topological polar surface area (TPSA) is 89.1 Å². The Balaban J connectivity index is 1.44. The van der Waals surface area contributed by atoms with E-state index in [-0.39, 0.29) is 11.9 Å². The average molecular weight is 358 g/mol. The van der Waals surface area contributed by atoms with E-state index in [0.29, 0.717) is 24.3 Å². The van der Waals surface area contributed by atoms with Gasteiger partial charge in [0.2, 0.25) is 5.89 Å². The smallest absolute Gasteiger partial charge is 0.323 e. The molecule has 140 valence electrons. The quantitative estimate of drug-likeness (QED) is 0.908. The van der Waals surface area contributed by atoms with Gasteiger partial charge in [0.15, 0.2) is 5.82 Å². The molecule has 1 saturated heterocycles. The Kier molecular flexibility index (Phi) is 4.65. The van der Waals surface area contributed by atoms with E-state index < -0.39 is 0 Å². The van der Waals surface area contributed by atoms with Gasteiger partial charge >= 0.3 is 6.03 Å². The van der Waals surface area contributed by atoms with Crippen LogP contribution >= 0.6 is 0 Å². The fraction of sp³-hybridized carbons (Fsp3) is 0.667. The first-order valence-electron chi connectivity index (χ1n) is 9.52. The van der Waals surface area contributed by atoms with Crippen molar-refractivity contribution >= 4 is 11.8 Å². The molecule has 8 nitrogen and oxygen atoms in total. The molecule has 2 amide bonds. The fourth-order valence-corrected chi connectivity index (χ4v) is 4.08. The zero-order valence-corrected chi connectivity index (χ0v) is 15.4. The minimum atomic E-state index is -0.0749. The molecular weight excluding hydrogens is 332 g/mol. The summed E-state index contributed by atoms with van der Waals surface area (Å²) in [6.07, 6.45) is 6.64. The van der Waals surface area contributed by atoms with E-state index in [4.69, 9.17) is 4.52 Å². The number of urea groups is 1. The van der Waals surface area contributed by atoms with Crippen molar-refractivity contribution in [2.45, 2.75) is 64.3 Å². The Hall–Kier alpha value is -2.38. The Morgan fingerprint density at radius 3 is 2.77 bits per heavy atom. The normalized spacial score (nSPS) is 21.3. The van der Waals surface area contributed by atoms with Crippen LogP contribution in [0.2, 0.25) is 0 Å². The summed E-state index contributed by atoms with van der Waals surface area (Å²) in [5.74, 6) is 2.20. The second-order valence-electron chi connectivity index (χ2n) is 7.44. The predicted octanol–water partition coefficient (Wildman–Crippen LogP) is 3.41. The number of nitrogens with one attached hydrogen (secondary N) is 1. The van der Waals surface area contributed by atoms with Crippen molar-refractivity contribution in [2.24, 2.45) is 0 Å². The van der Waals surface area contributed by atoms with Crippen molar-refractivity contribution in [3.63, 3.8) is 0 Å². The maximum atomic E-state index is 12.8. The highest BCUT2D eigenvalue weighted by molar-refractivity contribution is 5.88. The molecule has 1 N–H and O–H groups in total. The molecule has 2 fully saturated rings. The van der Waals surface area contributed by atoms with Gasteiger partial charge in [-0.25, -0.2) is 9.48 Å². The van der Waals surface area contributed by atoms with Crippen molar-refractivity contribution in [3.8, 4) is 0 Å². The second kappa shape index (κ2) is 7.09. The van der Waals surface area contributed by atoms with Gasteiger partial charge in [0.1, 0.15) is 5.82 Å². The molecule has 1 unspecified atom stereocenters. The summed E-state index contributed by atoms with van der Waals surface area (Å²) in [7, 11) is 0. The first kappa shape index (κ1) is 17.1. The molecule has 1 saturated carbocycles. The molecular formula is C18H26N6O2. The second-order valence-corrected chi connectivity index (χ2v) is 7.44. The van der Waals surface area contributed by atoms with Crippen LogP contribution in [-0.4, -0.2) is 43.9 Å². The number of nitrogens with zero attached hydrogens (tertiary/aromatic N) is 5. The fourth-order valence-electron chi connectivity index (χ4n) is 4.08. The molecule has 1 aliphatic heterocycles. The van der Waals surface area contributed by atoms with Gasteiger partial charge in [-0.1, -0.05) is 18.0 Å². The predicted molar refractivity (Wildman–Crippen MR) is 96.1 cm³/mol. The van der Waals surface area contributed by atoms with Gasteiger partial charge < -0.3 is 9.42 Å². The van der Waals surface area contributed by atoms with Gasteiger partial charge in [-0.15, -0.1) is 0 Å². The average Bonchev–Trinajstić information content (AvgIpc) is 3.36. The minimum Gasteiger partial charge on any atom is -0.340 e. The molecule has 2 aliphatic rings. The van der Waals surface area contributed by atoms with Crippen LogP contribution < -0.4 is 5.32 Å². The standard InChI is InChI=1S/C18H26N6O2/c1-12-10-16(24(21-12)15-7-3-4-8-15)20-18(25)23-9-5-6-14(11-23)17-19-13(2)26-22-17/h10,14-15H,3-9,11H2,1-2H3,(H,20,25). The third-order valence-electron chi connectivity index (χ3n) is 5.38. The van der Waals surface area contributed by atoms with E-state index in [9.17, 15) is 4.79 Å². The lowest BCUT2D eigenvalue weighted by atomic mass is 9.98. The minimum absolute atomic E-state index is 0.0749. The summed E-state index contributed by atoms with van der Waals surface area (Å²) >= 11 is 0. The van der Waals surface area contributed by atoms with Crippen LogP contribution in [0.15, 0.2) is 10.6 Å². The molecule has 2 aromatic rings. The van der Waals surface area contributed by atoms with Gasteiger partial charge in [0, 0.05) is 32.0 Å². The number of piperidine rings is 1. The van der Waals surface area contributed by atoms with Crippen molar-refractivity contribution < 1.29 is 9.32 Å². The number of hydrogen-bond acceptors (Lipinski definition) is 5. The Morgan fingerprint density at radius 2 is 2.04 bits per heavy atom. The van der Waals surface area contributed by atoms with E-state index in [1.807, 2.05) is 22.6 Å². The molecule has 0 bridgehead atoms. The SMILES string of the molecule is Cc1cc(NC(=O)N2CCCC(c3noc(C)n3)C2)n(C2CCCC2)n1. The molecule has 8 heteroatoms. The Labute approximate surface area is 152 Å². The molecule has 0 aromatic carbocycles. The van der Waals surface area contributed by atoms with Gasteiger partial charge in [-0.2, -0.15) is 10.1 Å². The molecule has 0 spiro atoms. The summed E-state index contributed by atoms with van der Waals surface area (Å²) in [4.78, 5) is 19.0. The van der Waals surface area contributed by atoms with Gasteiger partial charge in [-0.3, -0.25) is 5.32 Å². The molecule has 1 atom stereocenters. The number of carbonyl (C=O) groups is 1. The number of rotatable bonds is 3. The van der Waals surface area contributed by atoms with Gasteiger partial charge in [-0.05, 0) is 32.6 Å². The lowest BCUT2D eigenvalue weighted by molar-refractivity contribution is 0.190. The van der Waals surface area contributed by atoms with Crippen LogP contribution in [-0.2, 0) is 0 Å². The van der Waals surface area contributed by atoms with Crippen LogP contribution in [0, 0.1) is 13.8 Å². The molecule has 26 heavy (non-hydrogen) atoms. The van der Waals surface area contributed by atoms with E-state index >= 15 is 0 Å². The van der Waals surface area contributed by atoms with Gasteiger partial charge in [0.05, 0.1) is 11.7 Å². The lowest BCUT2D eigenvalue weighted by Gasteiger charge is -2.31. The van der Waals surface area contributed by atoms with Crippen molar-refractivity contribution in [1.29, 1.82) is 0 Å². The Bertz CT molecular complexity index is 776. The third-order valence-corrected chi connectivity index (χ3v) is 5.38. The first-order chi connectivity index (χ1) is 12.6. The summed E-state index contributed by atoms with van der Waals surface area (Å²) < 4.78 is 7.10. The zero-order chi connectivity index (χ0) is 18.1. The van der Waals surface area contributed by atoms with Gasteiger partial charge in [0.25, 0.3) is 0 Å². The van der Waals surface area contributed by atoms with Crippen LogP contribution in [0.25, 0.3) is 0 Å². The molecule has 0 radical (unpaired) electrons. The van der Waals surface area contributed by atoms with Crippen LogP contribution in [0.1, 0.15) is 67.9 Å². The van der Waals surface area contributed by atoms with Crippen LogP contribution in [0.4, 0.5) is 10.6 Å². The largest absolute Gasteiger partial charge is 0.340 e. The highest BCUT2D eigenvalue weighted by Crippen LogP contribution is 2.32. The number of amides is 2.